The van der Waals surface area contributed by atoms with Crippen molar-refractivity contribution < 1.29 is 24.2 Å². The molecule has 0 aromatic rings. The van der Waals surface area contributed by atoms with E-state index >= 15 is 0 Å². The minimum absolute atomic E-state index is 0.0919. The highest BCUT2D eigenvalue weighted by atomic mass is 16.6. The summed E-state index contributed by atoms with van der Waals surface area (Å²) in [5.41, 5.74) is -0.568. The summed E-state index contributed by atoms with van der Waals surface area (Å²) in [6.07, 6.45) is -0.990. The number of β-amino-alcohol motifs (C(OH)–C–C–N with tert-alkyl or cyclic N) is 1. The topological polar surface area (TPSA) is 76.1 Å². The first-order valence-corrected chi connectivity index (χ1v) is 5.98. The van der Waals surface area contributed by atoms with E-state index in [9.17, 15) is 14.7 Å². The van der Waals surface area contributed by atoms with E-state index in [4.69, 9.17) is 4.74 Å². The Balaban J connectivity index is 2.55. The second kappa shape index (κ2) is 5.56. The average Bonchev–Trinajstić information content (AvgIpc) is 2.25. The molecule has 1 saturated heterocycles. The summed E-state index contributed by atoms with van der Waals surface area (Å²) in [4.78, 5) is 24.6. The van der Waals surface area contributed by atoms with Crippen LogP contribution in [0.25, 0.3) is 0 Å². The Hall–Kier alpha value is -1.30. The van der Waals surface area contributed by atoms with Crippen LogP contribution in [0.1, 0.15) is 27.2 Å². The molecule has 1 fully saturated rings. The molecule has 0 bridgehead atoms. The fourth-order valence-electron chi connectivity index (χ4n) is 1.85. The van der Waals surface area contributed by atoms with E-state index in [0.717, 1.165) is 0 Å². The van der Waals surface area contributed by atoms with Gasteiger partial charge < -0.3 is 19.5 Å². The summed E-state index contributed by atoms with van der Waals surface area (Å²) in [6.45, 7) is 5.81. The molecule has 0 spiro atoms. The maximum absolute atomic E-state index is 11.8. The average molecular weight is 259 g/mol. The lowest BCUT2D eigenvalue weighted by Gasteiger charge is -2.35. The maximum Gasteiger partial charge on any atom is 0.410 e. The molecule has 1 heterocycles. The normalized spacial score (nSPS) is 24.6. The molecule has 0 aromatic carbocycles. The Labute approximate surface area is 107 Å². The molecule has 0 saturated carbocycles. The largest absolute Gasteiger partial charge is 0.469 e. The Morgan fingerprint density at radius 3 is 2.39 bits per heavy atom. The number of ether oxygens (including phenoxy) is 2. The molecule has 1 aliphatic rings. The van der Waals surface area contributed by atoms with E-state index < -0.39 is 29.7 Å². The highest BCUT2D eigenvalue weighted by molar-refractivity contribution is 5.74. The lowest BCUT2D eigenvalue weighted by Crippen LogP contribution is -2.50. The van der Waals surface area contributed by atoms with Crippen LogP contribution in [0.3, 0.4) is 0 Å². The van der Waals surface area contributed by atoms with Crippen molar-refractivity contribution in [2.24, 2.45) is 5.92 Å². The minimum Gasteiger partial charge on any atom is -0.469 e. The Kier molecular flexibility index (Phi) is 4.56. The first-order valence-electron chi connectivity index (χ1n) is 5.98. The molecule has 0 aliphatic carbocycles. The van der Waals surface area contributed by atoms with Gasteiger partial charge in [0.15, 0.2) is 0 Å². The molecule has 0 radical (unpaired) electrons. The van der Waals surface area contributed by atoms with Crippen molar-refractivity contribution in [1.82, 2.24) is 4.90 Å². The molecule has 1 amide bonds. The van der Waals surface area contributed by atoms with E-state index in [1.165, 1.54) is 12.0 Å². The molecular weight excluding hydrogens is 238 g/mol. The Bertz CT molecular complexity index is 323. The highest BCUT2D eigenvalue weighted by Crippen LogP contribution is 2.21. The van der Waals surface area contributed by atoms with Gasteiger partial charge in [-0.15, -0.1) is 0 Å². The first kappa shape index (κ1) is 14.8. The molecule has 1 N–H and O–H groups in total. The number of hydrogen-bond acceptors (Lipinski definition) is 5. The van der Waals surface area contributed by atoms with Crippen molar-refractivity contribution in [2.75, 3.05) is 20.2 Å². The number of aliphatic hydroxyl groups excluding tert-OH is 1. The van der Waals surface area contributed by atoms with Gasteiger partial charge in [0.1, 0.15) is 5.60 Å². The third-order valence-electron chi connectivity index (χ3n) is 2.74. The van der Waals surface area contributed by atoms with Crippen LogP contribution in [0, 0.1) is 5.92 Å². The number of carbonyl (C=O) groups is 2. The van der Waals surface area contributed by atoms with Crippen molar-refractivity contribution in [2.45, 2.75) is 38.9 Å². The number of rotatable bonds is 1. The van der Waals surface area contributed by atoms with E-state index in [1.54, 1.807) is 20.8 Å². The number of esters is 1. The lowest BCUT2D eigenvalue weighted by atomic mass is 9.94. The number of likely N-dealkylation sites (tertiary alicyclic amines) is 1. The predicted octanol–water partition coefficient (Wildman–Crippen LogP) is 0.777. The van der Waals surface area contributed by atoms with E-state index in [1.807, 2.05) is 0 Å². The maximum atomic E-state index is 11.8. The summed E-state index contributed by atoms with van der Waals surface area (Å²) >= 11 is 0. The SMILES string of the molecule is COC(=O)[C@H]1CCN(C(=O)OC(C)(C)C)C[C@H]1O. The lowest BCUT2D eigenvalue weighted by molar-refractivity contribution is -0.152. The second-order valence-electron chi connectivity index (χ2n) is 5.41. The van der Waals surface area contributed by atoms with Crippen molar-refractivity contribution in [1.29, 1.82) is 0 Å². The van der Waals surface area contributed by atoms with E-state index in [-0.39, 0.29) is 6.54 Å². The third kappa shape index (κ3) is 3.87. The predicted molar refractivity (Wildman–Crippen MR) is 63.9 cm³/mol. The fraction of sp³-hybridized carbons (Fsp3) is 0.833. The molecule has 104 valence electrons. The van der Waals surface area contributed by atoms with Gasteiger partial charge in [0, 0.05) is 6.54 Å². The van der Waals surface area contributed by atoms with Gasteiger partial charge in [-0.2, -0.15) is 0 Å². The van der Waals surface area contributed by atoms with Gasteiger partial charge in [0.2, 0.25) is 0 Å². The van der Waals surface area contributed by atoms with Crippen molar-refractivity contribution >= 4 is 12.1 Å². The smallest absolute Gasteiger partial charge is 0.410 e. The van der Waals surface area contributed by atoms with Gasteiger partial charge in [0.05, 0.1) is 25.7 Å². The number of hydrogen-bond donors (Lipinski definition) is 1. The number of nitrogens with zero attached hydrogens (tertiary/aromatic N) is 1. The van der Waals surface area contributed by atoms with E-state index in [0.29, 0.717) is 13.0 Å². The number of carbonyl (C=O) groups excluding carboxylic acids is 2. The molecule has 6 nitrogen and oxygen atoms in total. The van der Waals surface area contributed by atoms with Crippen molar-refractivity contribution in [3.05, 3.63) is 0 Å². The zero-order valence-electron chi connectivity index (χ0n) is 11.3. The van der Waals surface area contributed by atoms with Crippen molar-refractivity contribution in [3.8, 4) is 0 Å². The van der Waals surface area contributed by atoms with Gasteiger partial charge in [-0.05, 0) is 27.2 Å². The fourth-order valence-corrected chi connectivity index (χ4v) is 1.85. The molecular formula is C12H21NO5. The standard InChI is InChI=1S/C12H21NO5/c1-12(2,3)18-11(16)13-6-5-8(9(14)7-13)10(15)17-4/h8-9,14H,5-7H2,1-4H3/t8-,9+/m0/s1. The zero-order chi connectivity index (χ0) is 13.9. The number of methoxy groups -OCH3 is 1. The molecule has 18 heavy (non-hydrogen) atoms. The number of aliphatic hydroxyl groups is 1. The van der Waals surface area contributed by atoms with Gasteiger partial charge in [0.25, 0.3) is 0 Å². The van der Waals surface area contributed by atoms with Crippen LogP contribution in [0.2, 0.25) is 0 Å². The van der Waals surface area contributed by atoms with Crippen LogP contribution in [-0.4, -0.2) is 54.0 Å². The van der Waals surface area contributed by atoms with Crippen molar-refractivity contribution in [3.63, 3.8) is 0 Å². The summed E-state index contributed by atoms with van der Waals surface area (Å²) in [5, 5.41) is 9.84. The van der Waals surface area contributed by atoms with Crippen LogP contribution >= 0.6 is 0 Å². The van der Waals surface area contributed by atoms with Crippen LogP contribution in [0.4, 0.5) is 4.79 Å². The molecule has 2 atom stereocenters. The highest BCUT2D eigenvalue weighted by Gasteiger charge is 2.36. The summed E-state index contributed by atoms with van der Waals surface area (Å²) in [6, 6.07) is 0. The van der Waals surface area contributed by atoms with Gasteiger partial charge in [-0.3, -0.25) is 4.79 Å². The molecule has 6 heteroatoms. The van der Waals surface area contributed by atoms with Gasteiger partial charge >= 0.3 is 12.1 Å². The molecule has 1 rings (SSSR count). The third-order valence-corrected chi connectivity index (χ3v) is 2.74. The minimum atomic E-state index is -0.904. The number of piperidine rings is 1. The Morgan fingerprint density at radius 2 is 1.94 bits per heavy atom. The molecule has 1 aliphatic heterocycles. The monoisotopic (exact) mass is 259 g/mol. The Morgan fingerprint density at radius 1 is 1.33 bits per heavy atom. The molecule has 0 unspecified atom stereocenters. The summed E-state index contributed by atoms with van der Waals surface area (Å²) in [7, 11) is 1.29. The second-order valence-corrected chi connectivity index (χ2v) is 5.41. The summed E-state index contributed by atoms with van der Waals surface area (Å²) < 4.78 is 9.81. The molecule has 0 aromatic heterocycles. The quantitative estimate of drug-likeness (QED) is 0.704. The van der Waals surface area contributed by atoms with Crippen LogP contribution in [-0.2, 0) is 14.3 Å². The van der Waals surface area contributed by atoms with Gasteiger partial charge in [-0.1, -0.05) is 0 Å². The number of amides is 1. The summed E-state index contributed by atoms with van der Waals surface area (Å²) in [5.74, 6) is -1.000. The van der Waals surface area contributed by atoms with Crippen LogP contribution in [0.5, 0.6) is 0 Å². The van der Waals surface area contributed by atoms with E-state index in [2.05, 4.69) is 4.74 Å². The van der Waals surface area contributed by atoms with Crippen LogP contribution in [0.15, 0.2) is 0 Å². The zero-order valence-corrected chi connectivity index (χ0v) is 11.3. The first-order chi connectivity index (χ1) is 8.24. The van der Waals surface area contributed by atoms with Crippen LogP contribution < -0.4 is 0 Å². The van der Waals surface area contributed by atoms with Gasteiger partial charge in [-0.25, -0.2) is 4.79 Å².